The van der Waals surface area contributed by atoms with Gasteiger partial charge in [-0.05, 0) is 65.4 Å². The van der Waals surface area contributed by atoms with E-state index in [1.54, 1.807) is 18.2 Å². The topological polar surface area (TPSA) is 118 Å². The smallest absolute Gasteiger partial charge is 0.248 e. The van der Waals surface area contributed by atoms with Gasteiger partial charge in [0.1, 0.15) is 5.75 Å². The lowest BCUT2D eigenvalue weighted by Crippen LogP contribution is -2.14. The average molecular weight is 372 g/mol. The van der Waals surface area contributed by atoms with E-state index in [0.717, 1.165) is 33.2 Å². The standard InChI is InChI=1S/C22H20N4O2/c23-21-18-9-7-15(12-19(18)25-26-21)14-8-10-20(27)16(11-14)6-5-13-3-1-2-4-17(13)22(24)28/h1-4,7-12,27H,5-6H2,(H2,24,28)(H3,23,25,26). The molecule has 6 N–H and O–H groups in total. The van der Waals surface area contributed by atoms with Gasteiger partial charge in [0, 0.05) is 10.9 Å². The molecular formula is C22H20N4O2. The van der Waals surface area contributed by atoms with E-state index < -0.39 is 5.91 Å². The second-order valence-electron chi connectivity index (χ2n) is 6.73. The maximum atomic E-state index is 11.6. The van der Waals surface area contributed by atoms with E-state index in [-0.39, 0.29) is 5.75 Å². The number of nitrogens with zero attached hydrogens (tertiary/aromatic N) is 1. The van der Waals surface area contributed by atoms with E-state index in [2.05, 4.69) is 10.2 Å². The zero-order valence-corrected chi connectivity index (χ0v) is 15.1. The minimum atomic E-state index is -0.444. The Morgan fingerprint density at radius 3 is 2.50 bits per heavy atom. The van der Waals surface area contributed by atoms with E-state index in [0.29, 0.717) is 24.2 Å². The second-order valence-corrected chi connectivity index (χ2v) is 6.73. The van der Waals surface area contributed by atoms with E-state index >= 15 is 0 Å². The third kappa shape index (κ3) is 3.27. The highest BCUT2D eigenvalue weighted by Crippen LogP contribution is 2.30. The third-order valence-electron chi connectivity index (χ3n) is 4.95. The highest BCUT2D eigenvalue weighted by molar-refractivity contribution is 5.94. The number of aromatic amines is 1. The molecule has 0 fully saturated rings. The summed E-state index contributed by atoms with van der Waals surface area (Å²) in [5.74, 6) is 0.258. The number of carbonyl (C=O) groups is 1. The molecule has 0 saturated carbocycles. The number of hydrogen-bond acceptors (Lipinski definition) is 4. The lowest BCUT2D eigenvalue weighted by molar-refractivity contribution is 0.0999. The number of primary amides is 1. The molecular weight excluding hydrogens is 352 g/mol. The van der Waals surface area contributed by atoms with Gasteiger partial charge in [0.2, 0.25) is 5.91 Å². The molecule has 28 heavy (non-hydrogen) atoms. The molecule has 0 aliphatic carbocycles. The number of fused-ring (bicyclic) bond motifs is 1. The summed E-state index contributed by atoms with van der Waals surface area (Å²) in [5.41, 5.74) is 16.3. The van der Waals surface area contributed by atoms with Crippen molar-refractivity contribution in [2.45, 2.75) is 12.8 Å². The molecule has 3 aromatic carbocycles. The summed E-state index contributed by atoms with van der Waals surface area (Å²) in [6, 6.07) is 18.7. The first-order valence-electron chi connectivity index (χ1n) is 8.96. The van der Waals surface area contributed by atoms with Gasteiger partial charge in [-0.15, -0.1) is 0 Å². The summed E-state index contributed by atoms with van der Waals surface area (Å²) >= 11 is 0. The summed E-state index contributed by atoms with van der Waals surface area (Å²) in [4.78, 5) is 11.6. The lowest BCUT2D eigenvalue weighted by atomic mass is 9.96. The van der Waals surface area contributed by atoms with Crippen molar-refractivity contribution in [1.82, 2.24) is 10.2 Å². The van der Waals surface area contributed by atoms with Crippen LogP contribution in [0.2, 0.25) is 0 Å². The molecule has 0 atom stereocenters. The molecule has 1 aromatic heterocycles. The summed E-state index contributed by atoms with van der Waals surface area (Å²) < 4.78 is 0. The first kappa shape index (κ1) is 17.6. The lowest BCUT2D eigenvalue weighted by Gasteiger charge is -2.10. The van der Waals surface area contributed by atoms with Gasteiger partial charge in [0.25, 0.3) is 0 Å². The van der Waals surface area contributed by atoms with Gasteiger partial charge < -0.3 is 16.6 Å². The fourth-order valence-electron chi connectivity index (χ4n) is 3.43. The Morgan fingerprint density at radius 2 is 1.68 bits per heavy atom. The number of amides is 1. The van der Waals surface area contributed by atoms with Crippen molar-refractivity contribution in [1.29, 1.82) is 0 Å². The van der Waals surface area contributed by atoms with Gasteiger partial charge >= 0.3 is 0 Å². The van der Waals surface area contributed by atoms with Gasteiger partial charge in [-0.2, -0.15) is 5.10 Å². The molecule has 6 heteroatoms. The number of hydrogen-bond donors (Lipinski definition) is 4. The summed E-state index contributed by atoms with van der Waals surface area (Å²) in [7, 11) is 0. The quantitative estimate of drug-likeness (QED) is 0.429. The number of phenols is 1. The van der Waals surface area contributed by atoms with Crippen LogP contribution in [-0.2, 0) is 12.8 Å². The van der Waals surface area contributed by atoms with Crippen molar-refractivity contribution in [3.8, 4) is 16.9 Å². The van der Waals surface area contributed by atoms with Crippen molar-refractivity contribution in [2.75, 3.05) is 5.73 Å². The normalized spacial score (nSPS) is 11.0. The second kappa shape index (κ2) is 7.08. The number of nitrogens with one attached hydrogen (secondary N) is 1. The molecule has 140 valence electrons. The Morgan fingerprint density at radius 1 is 0.964 bits per heavy atom. The van der Waals surface area contributed by atoms with Gasteiger partial charge in [-0.3, -0.25) is 9.89 Å². The van der Waals surface area contributed by atoms with Crippen LogP contribution in [0.15, 0.2) is 60.7 Å². The number of aryl methyl sites for hydroxylation is 2. The summed E-state index contributed by atoms with van der Waals surface area (Å²) in [5, 5.41) is 18.1. The molecule has 0 saturated heterocycles. The van der Waals surface area contributed by atoms with Crippen LogP contribution in [-0.4, -0.2) is 21.2 Å². The van der Waals surface area contributed by atoms with Crippen LogP contribution in [0, 0.1) is 0 Å². The van der Waals surface area contributed by atoms with Gasteiger partial charge in [0.15, 0.2) is 5.82 Å². The largest absolute Gasteiger partial charge is 0.508 e. The van der Waals surface area contributed by atoms with Crippen LogP contribution in [0.1, 0.15) is 21.5 Å². The zero-order chi connectivity index (χ0) is 19.7. The molecule has 1 amide bonds. The van der Waals surface area contributed by atoms with Crippen molar-refractivity contribution in [3.05, 3.63) is 77.4 Å². The fourth-order valence-corrected chi connectivity index (χ4v) is 3.43. The van der Waals surface area contributed by atoms with Crippen molar-refractivity contribution >= 4 is 22.6 Å². The minimum absolute atomic E-state index is 0.229. The molecule has 0 spiro atoms. The number of benzene rings is 3. The Bertz CT molecular complexity index is 1180. The number of aromatic hydroxyl groups is 1. The number of nitrogen functional groups attached to an aromatic ring is 1. The highest BCUT2D eigenvalue weighted by atomic mass is 16.3. The number of phenolic OH excluding ortho intramolecular Hbond substituents is 1. The van der Waals surface area contributed by atoms with E-state index in [9.17, 15) is 9.90 Å². The number of nitrogens with two attached hydrogens (primary N) is 2. The molecule has 0 aliphatic heterocycles. The van der Waals surface area contributed by atoms with Crippen LogP contribution in [0.4, 0.5) is 5.82 Å². The van der Waals surface area contributed by atoms with Crippen molar-refractivity contribution < 1.29 is 9.90 Å². The minimum Gasteiger partial charge on any atom is -0.508 e. The van der Waals surface area contributed by atoms with Crippen molar-refractivity contribution in [2.24, 2.45) is 5.73 Å². The molecule has 0 unspecified atom stereocenters. The molecule has 0 aliphatic rings. The molecule has 6 nitrogen and oxygen atoms in total. The Labute approximate surface area is 161 Å². The van der Waals surface area contributed by atoms with Gasteiger partial charge in [0.05, 0.1) is 5.52 Å². The highest BCUT2D eigenvalue weighted by Gasteiger charge is 2.11. The van der Waals surface area contributed by atoms with Crippen LogP contribution in [0.3, 0.4) is 0 Å². The monoisotopic (exact) mass is 372 g/mol. The number of carbonyl (C=O) groups excluding carboxylic acids is 1. The van der Waals surface area contributed by atoms with E-state index in [1.165, 1.54) is 0 Å². The molecule has 0 bridgehead atoms. The number of rotatable bonds is 5. The van der Waals surface area contributed by atoms with Crippen LogP contribution < -0.4 is 11.5 Å². The first-order valence-corrected chi connectivity index (χ1v) is 8.96. The average Bonchev–Trinajstić information content (AvgIpc) is 3.08. The number of H-pyrrole nitrogens is 1. The maximum absolute atomic E-state index is 11.6. The Hall–Kier alpha value is -3.80. The Kier molecular flexibility index (Phi) is 4.45. The van der Waals surface area contributed by atoms with Crippen LogP contribution >= 0.6 is 0 Å². The number of aromatic nitrogens is 2. The first-order chi connectivity index (χ1) is 13.5. The Balaban J connectivity index is 1.63. The predicted molar refractivity (Wildman–Crippen MR) is 110 cm³/mol. The predicted octanol–water partition coefficient (Wildman–Crippen LogP) is 3.40. The van der Waals surface area contributed by atoms with E-state index in [1.807, 2.05) is 42.5 Å². The molecule has 4 rings (SSSR count). The molecule has 4 aromatic rings. The summed E-state index contributed by atoms with van der Waals surface area (Å²) in [6.07, 6.45) is 1.19. The van der Waals surface area contributed by atoms with Crippen molar-refractivity contribution in [3.63, 3.8) is 0 Å². The molecule has 1 heterocycles. The van der Waals surface area contributed by atoms with Crippen LogP contribution in [0.25, 0.3) is 22.0 Å². The zero-order valence-electron chi connectivity index (χ0n) is 15.1. The summed E-state index contributed by atoms with van der Waals surface area (Å²) in [6.45, 7) is 0. The van der Waals surface area contributed by atoms with E-state index in [4.69, 9.17) is 11.5 Å². The van der Waals surface area contributed by atoms with Gasteiger partial charge in [-0.1, -0.05) is 30.3 Å². The molecule has 0 radical (unpaired) electrons. The fraction of sp³-hybridized carbons (Fsp3) is 0.0909. The third-order valence-corrected chi connectivity index (χ3v) is 4.95. The van der Waals surface area contributed by atoms with Gasteiger partial charge in [-0.25, -0.2) is 0 Å². The maximum Gasteiger partial charge on any atom is 0.248 e. The van der Waals surface area contributed by atoms with Crippen LogP contribution in [0.5, 0.6) is 5.75 Å². The number of anilines is 1. The SMILES string of the molecule is NC(=O)c1ccccc1CCc1cc(-c2ccc3c(N)n[nH]c3c2)ccc1O.